The first kappa shape index (κ1) is 15.0. The predicted molar refractivity (Wildman–Crippen MR) is 80.5 cm³/mol. The van der Waals surface area contributed by atoms with Crippen LogP contribution in [0.25, 0.3) is 0 Å². The van der Waals surface area contributed by atoms with Gasteiger partial charge in [-0.05, 0) is 18.2 Å². The highest BCUT2D eigenvalue weighted by Crippen LogP contribution is 2.17. The van der Waals surface area contributed by atoms with E-state index in [1.807, 2.05) is 42.5 Å². The fourth-order valence-electron chi connectivity index (χ4n) is 1.89. The highest BCUT2D eigenvalue weighted by atomic mass is 16.5. The third-order valence-corrected chi connectivity index (χ3v) is 3.09. The molecule has 1 aromatic heterocycles. The smallest absolute Gasteiger partial charge is 0.260 e. The molecule has 2 aromatic rings. The predicted octanol–water partition coefficient (Wildman–Crippen LogP) is 1.58. The second kappa shape index (κ2) is 7.40. The number of aromatic nitrogens is 1. The summed E-state index contributed by atoms with van der Waals surface area (Å²) in [5.41, 5.74) is 7.37. The monoisotopic (exact) mass is 285 g/mol. The molecule has 5 heteroatoms. The number of benzene rings is 1. The molecule has 0 saturated carbocycles. The highest BCUT2D eigenvalue weighted by molar-refractivity contribution is 5.77. The number of amides is 1. The van der Waals surface area contributed by atoms with E-state index in [-0.39, 0.29) is 12.5 Å². The number of nitrogens with zero attached hydrogens (tertiary/aromatic N) is 2. The molecule has 2 rings (SSSR count). The number of carbonyl (C=O) groups is 1. The third kappa shape index (κ3) is 4.29. The summed E-state index contributed by atoms with van der Waals surface area (Å²) in [5.74, 6) is 0.548. The molecule has 0 unspecified atom stereocenters. The van der Waals surface area contributed by atoms with Gasteiger partial charge in [-0.2, -0.15) is 0 Å². The van der Waals surface area contributed by atoms with Gasteiger partial charge in [0, 0.05) is 25.4 Å². The fourth-order valence-corrected chi connectivity index (χ4v) is 1.89. The molecule has 0 bridgehead atoms. The minimum atomic E-state index is -0.104. The van der Waals surface area contributed by atoms with Crippen LogP contribution in [-0.4, -0.2) is 29.4 Å². The standard InChI is InChI=1S/C16H19N3O2/c1-19(11-14-7-4-5-9-18-14)16(20)12-21-15-8-3-2-6-13(15)10-17/h2-9H,10-12,17H2,1H3. The van der Waals surface area contributed by atoms with Gasteiger partial charge in [-0.1, -0.05) is 24.3 Å². The first-order valence-corrected chi connectivity index (χ1v) is 6.75. The van der Waals surface area contributed by atoms with Gasteiger partial charge in [0.05, 0.1) is 12.2 Å². The summed E-state index contributed by atoms with van der Waals surface area (Å²) in [6.45, 7) is 0.829. The fraction of sp³-hybridized carbons (Fsp3) is 0.250. The van der Waals surface area contributed by atoms with Crippen LogP contribution < -0.4 is 10.5 Å². The Labute approximate surface area is 124 Å². The molecule has 1 heterocycles. The average Bonchev–Trinajstić information content (AvgIpc) is 2.53. The summed E-state index contributed by atoms with van der Waals surface area (Å²) in [6.07, 6.45) is 1.71. The molecular formula is C16H19N3O2. The van der Waals surface area contributed by atoms with Crippen molar-refractivity contribution in [3.63, 3.8) is 0 Å². The van der Waals surface area contributed by atoms with Crippen LogP contribution in [0.2, 0.25) is 0 Å². The first-order valence-electron chi connectivity index (χ1n) is 6.75. The van der Waals surface area contributed by atoms with Crippen LogP contribution in [0, 0.1) is 0 Å². The second-order valence-electron chi connectivity index (χ2n) is 4.67. The first-order chi connectivity index (χ1) is 10.2. The van der Waals surface area contributed by atoms with Crippen molar-refractivity contribution in [2.45, 2.75) is 13.1 Å². The van der Waals surface area contributed by atoms with Crippen molar-refractivity contribution < 1.29 is 9.53 Å². The van der Waals surface area contributed by atoms with E-state index in [2.05, 4.69) is 4.98 Å². The van der Waals surface area contributed by atoms with Gasteiger partial charge in [-0.3, -0.25) is 9.78 Å². The zero-order valence-electron chi connectivity index (χ0n) is 12.0. The molecule has 0 fully saturated rings. The Morgan fingerprint density at radius 2 is 2.00 bits per heavy atom. The quantitative estimate of drug-likeness (QED) is 0.875. The largest absolute Gasteiger partial charge is 0.483 e. The average molecular weight is 285 g/mol. The van der Waals surface area contributed by atoms with E-state index in [1.165, 1.54) is 0 Å². The van der Waals surface area contributed by atoms with Gasteiger partial charge in [0.15, 0.2) is 6.61 Å². The van der Waals surface area contributed by atoms with Gasteiger partial charge in [-0.25, -0.2) is 0 Å². The molecule has 1 aromatic carbocycles. The highest BCUT2D eigenvalue weighted by Gasteiger charge is 2.11. The van der Waals surface area contributed by atoms with Gasteiger partial charge in [0.1, 0.15) is 5.75 Å². The Morgan fingerprint density at radius 1 is 1.24 bits per heavy atom. The Balaban J connectivity index is 1.89. The molecule has 0 aliphatic rings. The van der Waals surface area contributed by atoms with E-state index in [0.717, 1.165) is 11.3 Å². The number of pyridine rings is 1. The van der Waals surface area contributed by atoms with Crippen LogP contribution in [0.15, 0.2) is 48.7 Å². The van der Waals surface area contributed by atoms with E-state index in [9.17, 15) is 4.79 Å². The maximum atomic E-state index is 12.1. The van der Waals surface area contributed by atoms with Crippen molar-refractivity contribution in [3.05, 3.63) is 59.9 Å². The molecule has 0 spiro atoms. The lowest BCUT2D eigenvalue weighted by molar-refractivity contribution is -0.132. The van der Waals surface area contributed by atoms with Crippen LogP contribution in [0.1, 0.15) is 11.3 Å². The summed E-state index contributed by atoms with van der Waals surface area (Å²) in [7, 11) is 1.73. The van der Waals surface area contributed by atoms with Crippen LogP contribution in [0.5, 0.6) is 5.75 Å². The molecule has 2 N–H and O–H groups in total. The van der Waals surface area contributed by atoms with Gasteiger partial charge >= 0.3 is 0 Å². The van der Waals surface area contributed by atoms with Crippen LogP contribution in [0.3, 0.4) is 0 Å². The zero-order chi connectivity index (χ0) is 15.1. The molecule has 0 radical (unpaired) electrons. The molecule has 21 heavy (non-hydrogen) atoms. The van der Waals surface area contributed by atoms with E-state index in [4.69, 9.17) is 10.5 Å². The summed E-state index contributed by atoms with van der Waals surface area (Å²) in [5, 5.41) is 0. The molecule has 0 atom stereocenters. The normalized spacial score (nSPS) is 10.2. The third-order valence-electron chi connectivity index (χ3n) is 3.09. The maximum Gasteiger partial charge on any atom is 0.260 e. The van der Waals surface area contributed by atoms with Gasteiger partial charge in [0.25, 0.3) is 5.91 Å². The number of hydrogen-bond donors (Lipinski definition) is 1. The lowest BCUT2D eigenvalue weighted by atomic mass is 10.2. The van der Waals surface area contributed by atoms with Crippen molar-refractivity contribution in [2.75, 3.05) is 13.7 Å². The molecule has 0 aliphatic heterocycles. The molecular weight excluding hydrogens is 266 g/mol. The molecule has 5 nitrogen and oxygen atoms in total. The van der Waals surface area contributed by atoms with E-state index in [1.54, 1.807) is 18.1 Å². The second-order valence-corrected chi connectivity index (χ2v) is 4.67. The van der Waals surface area contributed by atoms with Crippen molar-refractivity contribution >= 4 is 5.91 Å². The van der Waals surface area contributed by atoms with E-state index >= 15 is 0 Å². The van der Waals surface area contributed by atoms with Crippen molar-refractivity contribution in [1.29, 1.82) is 0 Å². The number of likely N-dealkylation sites (N-methyl/N-ethyl adjacent to an activating group) is 1. The Morgan fingerprint density at radius 3 is 2.71 bits per heavy atom. The molecule has 0 aliphatic carbocycles. The minimum absolute atomic E-state index is 0.0135. The van der Waals surface area contributed by atoms with Crippen LogP contribution in [0.4, 0.5) is 0 Å². The SMILES string of the molecule is CN(Cc1ccccn1)C(=O)COc1ccccc1CN. The van der Waals surface area contributed by atoms with Crippen LogP contribution >= 0.6 is 0 Å². The number of carbonyl (C=O) groups excluding carboxylic acids is 1. The number of hydrogen-bond acceptors (Lipinski definition) is 4. The molecule has 0 saturated heterocycles. The summed E-state index contributed by atoms with van der Waals surface area (Å²) in [6, 6.07) is 13.1. The Hall–Kier alpha value is -2.40. The zero-order valence-corrected chi connectivity index (χ0v) is 12.0. The number of para-hydroxylation sites is 1. The van der Waals surface area contributed by atoms with E-state index in [0.29, 0.717) is 18.8 Å². The van der Waals surface area contributed by atoms with Crippen molar-refractivity contribution in [3.8, 4) is 5.75 Å². The van der Waals surface area contributed by atoms with Gasteiger partial charge in [-0.15, -0.1) is 0 Å². The maximum absolute atomic E-state index is 12.1. The van der Waals surface area contributed by atoms with Gasteiger partial charge < -0.3 is 15.4 Å². The lowest BCUT2D eigenvalue weighted by Crippen LogP contribution is -2.31. The Bertz CT molecular complexity index is 587. The number of ether oxygens (including phenoxy) is 1. The topological polar surface area (TPSA) is 68.5 Å². The number of rotatable bonds is 6. The minimum Gasteiger partial charge on any atom is -0.483 e. The summed E-state index contributed by atoms with van der Waals surface area (Å²) >= 11 is 0. The number of nitrogens with two attached hydrogens (primary N) is 1. The summed E-state index contributed by atoms with van der Waals surface area (Å²) in [4.78, 5) is 17.8. The van der Waals surface area contributed by atoms with Crippen LogP contribution in [-0.2, 0) is 17.9 Å². The molecule has 110 valence electrons. The van der Waals surface area contributed by atoms with E-state index < -0.39 is 0 Å². The summed E-state index contributed by atoms with van der Waals surface area (Å²) < 4.78 is 5.56. The van der Waals surface area contributed by atoms with Crippen molar-refractivity contribution in [2.24, 2.45) is 5.73 Å². The van der Waals surface area contributed by atoms with Crippen molar-refractivity contribution in [1.82, 2.24) is 9.88 Å². The van der Waals surface area contributed by atoms with Gasteiger partial charge in [0.2, 0.25) is 0 Å². The Kier molecular flexibility index (Phi) is 5.29. The molecule has 1 amide bonds. The lowest BCUT2D eigenvalue weighted by Gasteiger charge is -2.17.